The summed E-state index contributed by atoms with van der Waals surface area (Å²) < 4.78 is 0. The zero-order chi connectivity index (χ0) is 12.3. The van der Waals surface area contributed by atoms with Crippen LogP contribution in [0.1, 0.15) is 26.5 Å². The maximum atomic E-state index is 6.35. The molecule has 0 radical (unpaired) electrons. The van der Waals surface area contributed by atoms with E-state index in [0.29, 0.717) is 0 Å². The summed E-state index contributed by atoms with van der Waals surface area (Å²) in [5.74, 6) is 0.732. The van der Waals surface area contributed by atoms with Crippen molar-refractivity contribution < 1.29 is 0 Å². The highest BCUT2D eigenvalue weighted by atomic mass is 35.5. The predicted molar refractivity (Wildman–Crippen MR) is 69.2 cm³/mol. The summed E-state index contributed by atoms with van der Waals surface area (Å²) in [7, 11) is 3.86. The molecule has 0 bridgehead atoms. The largest absolute Gasteiger partial charge is 0.347 e. The average Bonchev–Trinajstić information content (AvgIpc) is 2.16. The van der Waals surface area contributed by atoms with Gasteiger partial charge in [-0.05, 0) is 11.5 Å². The molecule has 1 atom stereocenters. The van der Waals surface area contributed by atoms with Crippen molar-refractivity contribution >= 4 is 17.5 Å². The van der Waals surface area contributed by atoms with Crippen molar-refractivity contribution in [1.29, 1.82) is 0 Å². The van der Waals surface area contributed by atoms with Crippen LogP contribution in [0, 0.1) is 5.41 Å². The summed E-state index contributed by atoms with van der Waals surface area (Å²) >= 11 is 6.35. The van der Waals surface area contributed by atoms with Gasteiger partial charge in [-0.2, -0.15) is 0 Å². The standard InChI is InChI=1S/C12H20ClN3/c1-12(2,3)10(13)8-9-6-7-14-11(15-9)16(4)5/h6-7,10H,8H2,1-5H3. The smallest absolute Gasteiger partial charge is 0.224 e. The molecule has 0 N–H and O–H groups in total. The highest BCUT2D eigenvalue weighted by Crippen LogP contribution is 2.27. The molecule has 3 nitrogen and oxygen atoms in total. The first-order valence-corrected chi connectivity index (χ1v) is 5.87. The van der Waals surface area contributed by atoms with Crippen LogP contribution in [0.5, 0.6) is 0 Å². The van der Waals surface area contributed by atoms with Gasteiger partial charge in [0.25, 0.3) is 0 Å². The number of hydrogen-bond donors (Lipinski definition) is 0. The van der Waals surface area contributed by atoms with Crippen molar-refractivity contribution in [3.8, 4) is 0 Å². The normalized spacial score (nSPS) is 13.6. The van der Waals surface area contributed by atoms with Crippen molar-refractivity contribution in [2.24, 2.45) is 5.41 Å². The maximum Gasteiger partial charge on any atom is 0.224 e. The molecule has 1 heterocycles. The van der Waals surface area contributed by atoms with Gasteiger partial charge in [-0.3, -0.25) is 0 Å². The Kier molecular flexibility index (Phi) is 4.14. The van der Waals surface area contributed by atoms with Gasteiger partial charge in [0.15, 0.2) is 0 Å². The topological polar surface area (TPSA) is 29.0 Å². The van der Waals surface area contributed by atoms with Crippen molar-refractivity contribution in [2.75, 3.05) is 19.0 Å². The number of hydrogen-bond acceptors (Lipinski definition) is 3. The second-order valence-electron chi connectivity index (χ2n) is 5.28. The third kappa shape index (κ3) is 3.63. The SMILES string of the molecule is CN(C)c1nccc(CC(Cl)C(C)(C)C)n1. The van der Waals surface area contributed by atoms with Gasteiger partial charge in [0.2, 0.25) is 5.95 Å². The Morgan fingerprint density at radius 1 is 1.38 bits per heavy atom. The van der Waals surface area contributed by atoms with E-state index in [1.807, 2.05) is 25.1 Å². The minimum absolute atomic E-state index is 0.0809. The Morgan fingerprint density at radius 2 is 2.00 bits per heavy atom. The number of alkyl halides is 1. The zero-order valence-corrected chi connectivity index (χ0v) is 11.4. The van der Waals surface area contributed by atoms with E-state index in [1.54, 1.807) is 6.20 Å². The number of anilines is 1. The molecule has 4 heteroatoms. The lowest BCUT2D eigenvalue weighted by molar-refractivity contribution is 0.384. The molecular formula is C12H20ClN3. The zero-order valence-electron chi connectivity index (χ0n) is 10.7. The molecule has 0 aliphatic rings. The molecular weight excluding hydrogens is 222 g/mol. The molecule has 1 unspecified atom stereocenters. The molecule has 90 valence electrons. The van der Waals surface area contributed by atoms with Crippen molar-refractivity contribution in [2.45, 2.75) is 32.6 Å². The highest BCUT2D eigenvalue weighted by Gasteiger charge is 2.23. The van der Waals surface area contributed by atoms with Crippen LogP contribution in [-0.4, -0.2) is 29.4 Å². The van der Waals surface area contributed by atoms with Crippen LogP contribution in [0.4, 0.5) is 5.95 Å². The minimum Gasteiger partial charge on any atom is -0.347 e. The summed E-state index contributed by atoms with van der Waals surface area (Å²) in [6, 6.07) is 1.92. The fourth-order valence-corrected chi connectivity index (χ4v) is 1.36. The van der Waals surface area contributed by atoms with Crippen LogP contribution in [0.25, 0.3) is 0 Å². The van der Waals surface area contributed by atoms with E-state index in [9.17, 15) is 0 Å². The summed E-state index contributed by atoms with van der Waals surface area (Å²) in [6.07, 6.45) is 2.55. The second kappa shape index (κ2) is 5.00. The molecule has 0 spiro atoms. The third-order valence-electron chi connectivity index (χ3n) is 2.43. The van der Waals surface area contributed by atoms with Gasteiger partial charge >= 0.3 is 0 Å². The van der Waals surface area contributed by atoms with E-state index in [-0.39, 0.29) is 10.8 Å². The number of aromatic nitrogens is 2. The molecule has 0 saturated heterocycles. The van der Waals surface area contributed by atoms with Crippen LogP contribution in [0.2, 0.25) is 0 Å². The van der Waals surface area contributed by atoms with E-state index in [4.69, 9.17) is 11.6 Å². The van der Waals surface area contributed by atoms with Crippen molar-refractivity contribution in [1.82, 2.24) is 9.97 Å². The quantitative estimate of drug-likeness (QED) is 0.762. The van der Waals surface area contributed by atoms with Gasteiger partial charge in [0.05, 0.1) is 0 Å². The number of rotatable bonds is 3. The lowest BCUT2D eigenvalue weighted by atomic mass is 9.89. The lowest BCUT2D eigenvalue weighted by Gasteiger charge is -2.24. The Balaban J connectivity index is 2.78. The van der Waals surface area contributed by atoms with E-state index < -0.39 is 0 Å². The van der Waals surface area contributed by atoms with Gasteiger partial charge in [0, 0.05) is 37.8 Å². The molecule has 0 amide bonds. The lowest BCUT2D eigenvalue weighted by Crippen LogP contribution is -2.24. The summed E-state index contributed by atoms with van der Waals surface area (Å²) in [6.45, 7) is 6.41. The van der Waals surface area contributed by atoms with E-state index in [2.05, 4.69) is 30.7 Å². The van der Waals surface area contributed by atoms with E-state index in [1.165, 1.54) is 0 Å². The van der Waals surface area contributed by atoms with Gasteiger partial charge in [-0.1, -0.05) is 20.8 Å². The monoisotopic (exact) mass is 241 g/mol. The third-order valence-corrected chi connectivity index (χ3v) is 3.24. The Labute approximate surface area is 103 Å². The van der Waals surface area contributed by atoms with Crippen molar-refractivity contribution in [3.05, 3.63) is 18.0 Å². The highest BCUT2D eigenvalue weighted by molar-refractivity contribution is 6.21. The molecule has 0 saturated carbocycles. The van der Waals surface area contributed by atoms with Gasteiger partial charge in [0.1, 0.15) is 0 Å². The first-order chi connectivity index (χ1) is 7.30. The summed E-state index contributed by atoms with van der Waals surface area (Å²) in [4.78, 5) is 10.5. The molecule has 16 heavy (non-hydrogen) atoms. The van der Waals surface area contributed by atoms with Crippen LogP contribution in [-0.2, 0) is 6.42 Å². The molecule has 0 aromatic carbocycles. The van der Waals surface area contributed by atoms with Crippen LogP contribution < -0.4 is 4.90 Å². The van der Waals surface area contributed by atoms with E-state index >= 15 is 0 Å². The fourth-order valence-electron chi connectivity index (χ4n) is 1.20. The van der Waals surface area contributed by atoms with Crippen molar-refractivity contribution in [3.63, 3.8) is 0 Å². The first kappa shape index (κ1) is 13.2. The minimum atomic E-state index is 0.0809. The molecule has 1 rings (SSSR count). The summed E-state index contributed by atoms with van der Waals surface area (Å²) in [5.41, 5.74) is 1.08. The maximum absolute atomic E-state index is 6.35. The average molecular weight is 242 g/mol. The second-order valence-corrected chi connectivity index (χ2v) is 5.81. The van der Waals surface area contributed by atoms with E-state index in [0.717, 1.165) is 18.1 Å². The van der Waals surface area contributed by atoms with Gasteiger partial charge < -0.3 is 4.90 Å². The molecule has 0 fully saturated rings. The van der Waals surface area contributed by atoms with Crippen LogP contribution in [0.15, 0.2) is 12.3 Å². The summed E-state index contributed by atoms with van der Waals surface area (Å²) in [5, 5.41) is 0.0809. The van der Waals surface area contributed by atoms with Crippen LogP contribution >= 0.6 is 11.6 Å². The van der Waals surface area contributed by atoms with Crippen LogP contribution in [0.3, 0.4) is 0 Å². The Bertz CT molecular complexity index is 344. The fraction of sp³-hybridized carbons (Fsp3) is 0.667. The Morgan fingerprint density at radius 3 is 2.50 bits per heavy atom. The predicted octanol–water partition coefficient (Wildman–Crippen LogP) is 2.74. The molecule has 0 aliphatic carbocycles. The molecule has 1 aromatic heterocycles. The van der Waals surface area contributed by atoms with Gasteiger partial charge in [-0.25, -0.2) is 9.97 Å². The van der Waals surface area contributed by atoms with Gasteiger partial charge in [-0.15, -0.1) is 11.6 Å². The number of halogens is 1. The first-order valence-electron chi connectivity index (χ1n) is 5.44. The molecule has 0 aliphatic heterocycles. The Hall–Kier alpha value is -0.830. The molecule has 1 aromatic rings. The number of nitrogens with zero attached hydrogens (tertiary/aromatic N) is 3.